The summed E-state index contributed by atoms with van der Waals surface area (Å²) in [6.07, 6.45) is 3.75. The second-order valence-corrected chi connectivity index (χ2v) is 7.73. The summed E-state index contributed by atoms with van der Waals surface area (Å²) in [5, 5.41) is 0. The lowest BCUT2D eigenvalue weighted by molar-refractivity contribution is -0.171. The number of esters is 1. The number of carbonyl (C=O) groups is 1. The molecule has 2 aliphatic rings. The number of benzene rings is 1. The molecule has 1 aromatic rings. The Labute approximate surface area is 138 Å². The minimum absolute atomic E-state index is 0.147. The molecule has 0 heterocycles. The molecule has 0 amide bonds. The third-order valence-electron chi connectivity index (χ3n) is 5.73. The largest absolute Gasteiger partial charge is 0.459 e. The Kier molecular flexibility index (Phi) is 4.48. The minimum Gasteiger partial charge on any atom is -0.459 e. The summed E-state index contributed by atoms with van der Waals surface area (Å²) in [6, 6.07) is 7.33. The fraction of sp³-hybridized carbons (Fsp3) is 0.650. The number of fused-ring (bicyclic) bond motifs is 1. The average molecular weight is 318 g/mol. The van der Waals surface area contributed by atoms with Crippen molar-refractivity contribution >= 4 is 5.97 Å². The van der Waals surface area contributed by atoms with Gasteiger partial charge in [0.25, 0.3) is 0 Å². The van der Waals surface area contributed by atoms with Gasteiger partial charge >= 0.3 is 5.97 Å². The standard InChI is InChI=1S/C20H27FO2/c1-13(2)16-9-8-14(3)12-18(16)23-19(22)20(21)11-10-15-6-4-5-7-17(15)20/h4-7,13-14,16,18H,8-12H2,1-3H3/t14-,16+,18-,20?/m0/s1. The second kappa shape index (κ2) is 6.26. The van der Waals surface area contributed by atoms with Crippen molar-refractivity contribution in [1.82, 2.24) is 0 Å². The van der Waals surface area contributed by atoms with E-state index in [1.807, 2.05) is 12.1 Å². The highest BCUT2D eigenvalue weighted by Gasteiger charge is 2.49. The Balaban J connectivity index is 1.78. The van der Waals surface area contributed by atoms with E-state index in [0.29, 0.717) is 29.7 Å². The van der Waals surface area contributed by atoms with E-state index in [1.165, 1.54) is 6.42 Å². The summed E-state index contributed by atoms with van der Waals surface area (Å²) >= 11 is 0. The molecule has 2 nitrogen and oxygen atoms in total. The van der Waals surface area contributed by atoms with E-state index in [4.69, 9.17) is 4.74 Å². The number of hydrogen-bond acceptors (Lipinski definition) is 2. The zero-order valence-corrected chi connectivity index (χ0v) is 14.3. The molecule has 3 heteroatoms. The Morgan fingerprint density at radius 3 is 2.78 bits per heavy atom. The van der Waals surface area contributed by atoms with Crippen LogP contribution in [-0.4, -0.2) is 12.1 Å². The van der Waals surface area contributed by atoms with Crippen molar-refractivity contribution in [3.8, 4) is 0 Å². The molecule has 4 atom stereocenters. The first-order valence-corrected chi connectivity index (χ1v) is 8.90. The Hall–Kier alpha value is -1.38. The highest BCUT2D eigenvalue weighted by molar-refractivity contribution is 5.83. The molecule has 0 aliphatic heterocycles. The first-order chi connectivity index (χ1) is 10.9. The monoisotopic (exact) mass is 318 g/mol. The topological polar surface area (TPSA) is 26.3 Å². The van der Waals surface area contributed by atoms with E-state index < -0.39 is 11.6 Å². The van der Waals surface area contributed by atoms with Crippen LogP contribution in [0.5, 0.6) is 0 Å². The van der Waals surface area contributed by atoms with E-state index in [9.17, 15) is 4.79 Å². The van der Waals surface area contributed by atoms with Gasteiger partial charge in [0.2, 0.25) is 5.67 Å². The zero-order chi connectivity index (χ0) is 16.6. The molecule has 0 bridgehead atoms. The third kappa shape index (κ3) is 3.02. The van der Waals surface area contributed by atoms with Gasteiger partial charge in [-0.25, -0.2) is 9.18 Å². The number of rotatable bonds is 3. The Morgan fingerprint density at radius 2 is 2.04 bits per heavy atom. The van der Waals surface area contributed by atoms with Gasteiger partial charge in [0.05, 0.1) is 0 Å². The molecule has 126 valence electrons. The molecular weight excluding hydrogens is 291 g/mol. The third-order valence-corrected chi connectivity index (χ3v) is 5.73. The molecule has 1 fully saturated rings. The lowest BCUT2D eigenvalue weighted by Gasteiger charge is -2.37. The number of ether oxygens (including phenoxy) is 1. The quantitative estimate of drug-likeness (QED) is 0.748. The summed E-state index contributed by atoms with van der Waals surface area (Å²) in [5.74, 6) is 0.656. The van der Waals surface area contributed by atoms with Crippen molar-refractivity contribution in [1.29, 1.82) is 0 Å². The van der Waals surface area contributed by atoms with Gasteiger partial charge in [0.15, 0.2) is 0 Å². The molecular formula is C20H27FO2. The van der Waals surface area contributed by atoms with Crippen molar-refractivity contribution in [2.45, 2.75) is 64.6 Å². The molecule has 0 N–H and O–H groups in total. The summed E-state index contributed by atoms with van der Waals surface area (Å²) in [6.45, 7) is 6.52. The number of alkyl halides is 1. The van der Waals surface area contributed by atoms with Gasteiger partial charge in [0, 0.05) is 12.0 Å². The summed E-state index contributed by atoms with van der Waals surface area (Å²) < 4.78 is 21.2. The van der Waals surface area contributed by atoms with Gasteiger partial charge < -0.3 is 4.74 Å². The number of hydrogen-bond donors (Lipinski definition) is 0. The van der Waals surface area contributed by atoms with Crippen LogP contribution < -0.4 is 0 Å². The molecule has 1 unspecified atom stereocenters. The molecule has 0 radical (unpaired) electrons. The average Bonchev–Trinajstić information content (AvgIpc) is 2.86. The van der Waals surface area contributed by atoms with E-state index in [1.54, 1.807) is 12.1 Å². The van der Waals surface area contributed by atoms with Crippen molar-refractivity contribution in [2.24, 2.45) is 17.8 Å². The Bertz CT molecular complexity index is 583. The fourth-order valence-electron chi connectivity index (χ4n) is 4.26. The van der Waals surface area contributed by atoms with Gasteiger partial charge in [-0.05, 0) is 42.6 Å². The van der Waals surface area contributed by atoms with Crippen LogP contribution in [0.15, 0.2) is 24.3 Å². The molecule has 1 aromatic carbocycles. The summed E-state index contributed by atoms with van der Waals surface area (Å²) in [7, 11) is 0. The molecule has 0 spiro atoms. The molecule has 0 aromatic heterocycles. The van der Waals surface area contributed by atoms with Crippen molar-refractivity contribution in [2.75, 3.05) is 0 Å². The maximum Gasteiger partial charge on any atom is 0.348 e. The van der Waals surface area contributed by atoms with Crippen LogP contribution >= 0.6 is 0 Å². The molecule has 2 aliphatic carbocycles. The van der Waals surface area contributed by atoms with E-state index in [-0.39, 0.29) is 12.5 Å². The van der Waals surface area contributed by atoms with Gasteiger partial charge in [-0.3, -0.25) is 0 Å². The molecule has 0 saturated heterocycles. The normalized spacial score (nSPS) is 33.5. The second-order valence-electron chi connectivity index (χ2n) is 7.73. The number of aryl methyl sites for hydroxylation is 1. The van der Waals surface area contributed by atoms with E-state index in [2.05, 4.69) is 20.8 Å². The first kappa shape index (κ1) is 16.5. The van der Waals surface area contributed by atoms with Crippen LogP contribution in [-0.2, 0) is 21.6 Å². The summed E-state index contributed by atoms with van der Waals surface area (Å²) in [5.41, 5.74) is -0.516. The lowest BCUT2D eigenvalue weighted by Crippen LogP contribution is -2.40. The maximum absolute atomic E-state index is 15.4. The molecule has 23 heavy (non-hydrogen) atoms. The highest BCUT2D eigenvalue weighted by atomic mass is 19.1. The van der Waals surface area contributed by atoms with Crippen LogP contribution in [0.1, 0.15) is 57.6 Å². The number of halogens is 1. The van der Waals surface area contributed by atoms with Gasteiger partial charge in [-0.15, -0.1) is 0 Å². The van der Waals surface area contributed by atoms with Crippen LogP contribution in [0.3, 0.4) is 0 Å². The van der Waals surface area contributed by atoms with Gasteiger partial charge in [-0.1, -0.05) is 51.5 Å². The van der Waals surface area contributed by atoms with Crippen LogP contribution in [0.4, 0.5) is 4.39 Å². The van der Waals surface area contributed by atoms with Gasteiger partial charge in [0.1, 0.15) is 6.10 Å². The van der Waals surface area contributed by atoms with Crippen LogP contribution in [0, 0.1) is 17.8 Å². The van der Waals surface area contributed by atoms with Crippen LogP contribution in [0.25, 0.3) is 0 Å². The lowest BCUT2D eigenvalue weighted by atomic mass is 9.75. The number of carbonyl (C=O) groups excluding carboxylic acids is 1. The predicted octanol–water partition coefficient (Wildman–Crippen LogP) is 4.80. The first-order valence-electron chi connectivity index (χ1n) is 8.90. The maximum atomic E-state index is 15.4. The van der Waals surface area contributed by atoms with Crippen LogP contribution in [0.2, 0.25) is 0 Å². The molecule has 3 rings (SSSR count). The predicted molar refractivity (Wildman–Crippen MR) is 88.8 cm³/mol. The fourth-order valence-corrected chi connectivity index (χ4v) is 4.26. The van der Waals surface area contributed by atoms with E-state index >= 15 is 4.39 Å². The van der Waals surface area contributed by atoms with Crippen molar-refractivity contribution in [3.63, 3.8) is 0 Å². The van der Waals surface area contributed by atoms with Gasteiger partial charge in [-0.2, -0.15) is 0 Å². The van der Waals surface area contributed by atoms with E-state index in [0.717, 1.165) is 18.4 Å². The molecule has 1 saturated carbocycles. The highest BCUT2D eigenvalue weighted by Crippen LogP contribution is 2.43. The van der Waals surface area contributed by atoms with Crippen molar-refractivity contribution < 1.29 is 13.9 Å². The smallest absolute Gasteiger partial charge is 0.348 e. The summed E-state index contributed by atoms with van der Waals surface area (Å²) in [4.78, 5) is 12.7. The Morgan fingerprint density at radius 1 is 1.30 bits per heavy atom. The van der Waals surface area contributed by atoms with Crippen molar-refractivity contribution in [3.05, 3.63) is 35.4 Å². The minimum atomic E-state index is -1.96. The zero-order valence-electron chi connectivity index (χ0n) is 14.3. The SMILES string of the molecule is CC(C)[C@H]1CC[C@H](C)C[C@@H]1OC(=O)C1(F)CCc2ccccc21.